The molecule has 0 aliphatic carbocycles. The Balaban J connectivity index is 1.65. The van der Waals surface area contributed by atoms with Gasteiger partial charge in [-0.3, -0.25) is 4.79 Å². The third-order valence-electron chi connectivity index (χ3n) is 2.81. The zero-order valence-electron chi connectivity index (χ0n) is 11.5. The maximum absolute atomic E-state index is 12.2. The van der Waals surface area contributed by atoms with Gasteiger partial charge in [-0.05, 0) is 32.0 Å². The zero-order valence-corrected chi connectivity index (χ0v) is 13.1. The van der Waals surface area contributed by atoms with E-state index in [1.54, 1.807) is 23.5 Å². The maximum atomic E-state index is 12.2. The highest BCUT2D eigenvalue weighted by atomic mass is 32.2. The average molecular weight is 320 g/mol. The van der Waals surface area contributed by atoms with Crippen molar-refractivity contribution in [2.45, 2.75) is 19.1 Å². The first kappa shape index (κ1) is 14.1. The third kappa shape index (κ3) is 3.08. The number of furan rings is 1. The van der Waals surface area contributed by atoms with E-state index in [-0.39, 0.29) is 11.5 Å². The molecule has 0 unspecified atom stereocenters. The van der Waals surface area contributed by atoms with Crippen LogP contribution in [0, 0.1) is 13.8 Å². The number of thioether (sulfide) groups is 1. The first-order valence-corrected chi connectivity index (χ1v) is 8.04. The molecule has 0 atom stereocenters. The van der Waals surface area contributed by atoms with Crippen molar-refractivity contribution in [3.05, 3.63) is 39.8 Å². The van der Waals surface area contributed by atoms with Gasteiger partial charge in [0.05, 0.1) is 12.0 Å². The first-order chi connectivity index (χ1) is 10.1. The summed E-state index contributed by atoms with van der Waals surface area (Å²) in [6.45, 7) is 3.95. The molecule has 5 nitrogen and oxygen atoms in total. The molecule has 0 aliphatic heterocycles. The molecule has 21 heavy (non-hydrogen) atoms. The molecule has 7 heteroatoms. The van der Waals surface area contributed by atoms with Crippen molar-refractivity contribution >= 4 is 28.9 Å². The molecule has 0 aromatic carbocycles. The van der Waals surface area contributed by atoms with Crippen LogP contribution in [0.5, 0.6) is 0 Å². The lowest BCUT2D eigenvalue weighted by Gasteiger charge is -1.96. The van der Waals surface area contributed by atoms with Gasteiger partial charge in [0.1, 0.15) is 0 Å². The van der Waals surface area contributed by atoms with Gasteiger partial charge in [0.15, 0.2) is 11.5 Å². The minimum absolute atomic E-state index is 0.0691. The molecule has 3 aromatic heterocycles. The third-order valence-corrected chi connectivity index (χ3v) is 4.59. The molecule has 0 radical (unpaired) electrons. The Morgan fingerprint density at radius 3 is 2.90 bits per heavy atom. The fraction of sp³-hybridized carbons (Fsp3) is 0.214. The number of carbonyl (C=O) groups excluding carboxylic acids is 1. The molecule has 0 amide bonds. The molecule has 0 aliphatic rings. The van der Waals surface area contributed by atoms with E-state index in [0.717, 1.165) is 15.3 Å². The fourth-order valence-corrected chi connectivity index (χ4v) is 3.47. The molecule has 0 bridgehead atoms. The van der Waals surface area contributed by atoms with E-state index in [9.17, 15) is 4.79 Å². The highest BCUT2D eigenvalue weighted by molar-refractivity contribution is 7.99. The summed E-state index contributed by atoms with van der Waals surface area (Å²) in [7, 11) is 0. The molecular formula is C14H12N2O3S2. The minimum atomic E-state index is 0.0691. The van der Waals surface area contributed by atoms with Crippen molar-refractivity contribution in [2.75, 3.05) is 5.75 Å². The van der Waals surface area contributed by atoms with Gasteiger partial charge in [0, 0.05) is 15.3 Å². The summed E-state index contributed by atoms with van der Waals surface area (Å²) >= 11 is 2.86. The van der Waals surface area contributed by atoms with E-state index >= 15 is 0 Å². The minimum Gasteiger partial charge on any atom is -0.459 e. The van der Waals surface area contributed by atoms with Crippen LogP contribution in [0.4, 0.5) is 0 Å². The van der Waals surface area contributed by atoms with Crippen LogP contribution in [-0.4, -0.2) is 21.7 Å². The van der Waals surface area contributed by atoms with Gasteiger partial charge in [-0.25, -0.2) is 0 Å². The van der Waals surface area contributed by atoms with E-state index in [4.69, 9.17) is 8.83 Å². The Labute approximate surface area is 129 Å². The monoisotopic (exact) mass is 320 g/mol. The molecule has 3 aromatic rings. The van der Waals surface area contributed by atoms with Crippen LogP contribution in [0.15, 0.2) is 38.5 Å². The molecule has 3 heterocycles. The quantitative estimate of drug-likeness (QED) is 0.523. The first-order valence-electron chi connectivity index (χ1n) is 6.24. The second-order valence-electron chi connectivity index (χ2n) is 4.39. The molecule has 108 valence electrons. The standard InChI is InChI=1S/C14H12N2O3S2/c1-8-6-10(9(2)21-8)11(17)7-20-14-16-15-13(19-14)12-4-3-5-18-12/h3-6H,7H2,1-2H3. The van der Waals surface area contributed by atoms with Crippen LogP contribution in [-0.2, 0) is 0 Å². The van der Waals surface area contributed by atoms with Crippen LogP contribution in [0.1, 0.15) is 20.1 Å². The van der Waals surface area contributed by atoms with Crippen molar-refractivity contribution in [2.24, 2.45) is 0 Å². The Kier molecular flexibility index (Phi) is 3.94. The topological polar surface area (TPSA) is 69.1 Å². The fourth-order valence-electron chi connectivity index (χ4n) is 1.88. The van der Waals surface area contributed by atoms with Crippen molar-refractivity contribution in [1.29, 1.82) is 0 Å². The molecule has 0 spiro atoms. The van der Waals surface area contributed by atoms with Crippen LogP contribution < -0.4 is 0 Å². The number of hydrogen-bond acceptors (Lipinski definition) is 7. The number of ketones is 1. The zero-order chi connectivity index (χ0) is 14.8. The summed E-state index contributed by atoms with van der Waals surface area (Å²) in [4.78, 5) is 14.3. The summed E-state index contributed by atoms with van der Waals surface area (Å²) < 4.78 is 10.6. The number of rotatable bonds is 5. The highest BCUT2D eigenvalue weighted by Crippen LogP contribution is 2.26. The number of thiophene rings is 1. The Morgan fingerprint density at radius 1 is 1.38 bits per heavy atom. The second kappa shape index (κ2) is 5.87. The molecule has 0 saturated carbocycles. The van der Waals surface area contributed by atoms with Crippen molar-refractivity contribution < 1.29 is 13.6 Å². The number of aromatic nitrogens is 2. The number of carbonyl (C=O) groups is 1. The van der Waals surface area contributed by atoms with Gasteiger partial charge in [-0.2, -0.15) is 0 Å². The molecule has 0 saturated heterocycles. The molecule has 0 fully saturated rings. The van der Waals surface area contributed by atoms with E-state index in [1.807, 2.05) is 19.9 Å². The number of aryl methyl sites for hydroxylation is 2. The Bertz CT molecular complexity index is 759. The van der Waals surface area contributed by atoms with Crippen LogP contribution in [0.3, 0.4) is 0 Å². The molecule has 3 rings (SSSR count). The van der Waals surface area contributed by atoms with Gasteiger partial charge in [-0.15, -0.1) is 21.5 Å². The predicted molar refractivity (Wildman–Crippen MR) is 80.8 cm³/mol. The summed E-state index contributed by atoms with van der Waals surface area (Å²) in [5.41, 5.74) is 0.774. The summed E-state index contributed by atoms with van der Waals surface area (Å²) in [5.74, 6) is 1.18. The SMILES string of the molecule is Cc1cc(C(=O)CSc2nnc(-c3ccco3)o2)c(C)s1. The van der Waals surface area contributed by atoms with Crippen molar-refractivity contribution in [3.8, 4) is 11.7 Å². The summed E-state index contributed by atoms with van der Waals surface area (Å²) in [6, 6.07) is 5.41. The highest BCUT2D eigenvalue weighted by Gasteiger charge is 2.16. The van der Waals surface area contributed by atoms with Crippen molar-refractivity contribution in [3.63, 3.8) is 0 Å². The van der Waals surface area contributed by atoms with Gasteiger partial charge >= 0.3 is 0 Å². The normalized spacial score (nSPS) is 11.0. The Hall–Kier alpha value is -1.86. The van der Waals surface area contributed by atoms with Crippen molar-refractivity contribution in [1.82, 2.24) is 10.2 Å². The largest absolute Gasteiger partial charge is 0.459 e. The van der Waals surface area contributed by atoms with Crippen LogP contribution in [0.2, 0.25) is 0 Å². The summed E-state index contributed by atoms with van der Waals surface area (Å²) in [5, 5.41) is 8.15. The molecule has 0 N–H and O–H groups in total. The number of hydrogen-bond donors (Lipinski definition) is 0. The number of nitrogens with zero attached hydrogens (tertiary/aromatic N) is 2. The van der Waals surface area contributed by atoms with Gasteiger partial charge in [-0.1, -0.05) is 11.8 Å². The lowest BCUT2D eigenvalue weighted by Crippen LogP contribution is -2.02. The number of Topliss-reactive ketones (excluding diaryl/α,β-unsaturated/α-hetero) is 1. The summed E-state index contributed by atoms with van der Waals surface area (Å²) in [6.07, 6.45) is 1.54. The smallest absolute Gasteiger partial charge is 0.284 e. The maximum Gasteiger partial charge on any atom is 0.284 e. The lowest BCUT2D eigenvalue weighted by molar-refractivity contribution is 0.102. The molecular weight excluding hydrogens is 308 g/mol. The second-order valence-corrected chi connectivity index (χ2v) is 6.78. The Morgan fingerprint density at radius 2 is 2.24 bits per heavy atom. The van der Waals surface area contributed by atoms with E-state index < -0.39 is 0 Å². The van der Waals surface area contributed by atoms with E-state index in [2.05, 4.69) is 10.2 Å². The van der Waals surface area contributed by atoms with Gasteiger partial charge in [0.2, 0.25) is 0 Å². The van der Waals surface area contributed by atoms with E-state index in [1.165, 1.54) is 18.0 Å². The van der Waals surface area contributed by atoms with E-state index in [0.29, 0.717) is 16.9 Å². The van der Waals surface area contributed by atoms with Crippen LogP contribution in [0.25, 0.3) is 11.7 Å². The predicted octanol–water partition coefficient (Wildman–Crippen LogP) is 3.98. The van der Waals surface area contributed by atoms with Gasteiger partial charge in [0.25, 0.3) is 11.1 Å². The lowest BCUT2D eigenvalue weighted by atomic mass is 10.2. The average Bonchev–Trinajstić information content (AvgIpc) is 3.15. The van der Waals surface area contributed by atoms with Crippen LogP contribution >= 0.6 is 23.1 Å². The van der Waals surface area contributed by atoms with Gasteiger partial charge < -0.3 is 8.83 Å².